The molecule has 2 aromatic heterocycles. The number of rotatable bonds is 3. The third-order valence-electron chi connectivity index (χ3n) is 4.58. The van der Waals surface area contributed by atoms with Crippen LogP contribution in [0.3, 0.4) is 0 Å². The number of fused-ring (bicyclic) bond motifs is 1. The van der Waals surface area contributed by atoms with Crippen molar-refractivity contribution in [1.29, 1.82) is 0 Å². The van der Waals surface area contributed by atoms with Gasteiger partial charge in [-0.05, 0) is 44.5 Å². The van der Waals surface area contributed by atoms with Gasteiger partial charge in [-0.2, -0.15) is 10.2 Å². The van der Waals surface area contributed by atoms with E-state index < -0.39 is 0 Å². The number of benzene rings is 1. The summed E-state index contributed by atoms with van der Waals surface area (Å²) in [7, 11) is 0. The molecule has 4 N–H and O–H groups in total. The van der Waals surface area contributed by atoms with Crippen molar-refractivity contribution < 1.29 is 4.79 Å². The molecule has 24 heavy (non-hydrogen) atoms. The number of piperidine rings is 1. The quantitative estimate of drug-likeness (QED) is 0.595. The SMILES string of the molecule is Cc1[nH]nc2cc(NC(=O)c3cn[nH]c3C3CCCCN3)ccc12. The molecule has 1 fully saturated rings. The van der Waals surface area contributed by atoms with Crippen LogP contribution in [-0.2, 0) is 0 Å². The maximum atomic E-state index is 12.7. The van der Waals surface area contributed by atoms with Gasteiger partial charge in [-0.15, -0.1) is 0 Å². The lowest BCUT2D eigenvalue weighted by atomic mass is 9.99. The van der Waals surface area contributed by atoms with Crippen molar-refractivity contribution in [3.05, 3.63) is 41.3 Å². The molecule has 124 valence electrons. The maximum absolute atomic E-state index is 12.7. The average Bonchev–Trinajstić information content (AvgIpc) is 3.23. The minimum absolute atomic E-state index is 0.155. The minimum Gasteiger partial charge on any atom is -0.322 e. The van der Waals surface area contributed by atoms with Gasteiger partial charge in [0, 0.05) is 22.8 Å². The molecule has 1 saturated heterocycles. The Kier molecular flexibility index (Phi) is 3.78. The first-order valence-electron chi connectivity index (χ1n) is 8.25. The Morgan fingerprint density at radius 3 is 3.04 bits per heavy atom. The highest BCUT2D eigenvalue weighted by Crippen LogP contribution is 2.25. The summed E-state index contributed by atoms with van der Waals surface area (Å²) < 4.78 is 0. The average molecular weight is 324 g/mol. The van der Waals surface area contributed by atoms with E-state index in [1.165, 1.54) is 6.42 Å². The number of hydrogen-bond donors (Lipinski definition) is 4. The van der Waals surface area contributed by atoms with Gasteiger partial charge in [0.05, 0.1) is 23.0 Å². The Morgan fingerprint density at radius 1 is 1.29 bits per heavy atom. The molecule has 0 spiro atoms. The Balaban J connectivity index is 1.56. The zero-order valence-corrected chi connectivity index (χ0v) is 13.5. The predicted molar refractivity (Wildman–Crippen MR) is 92.0 cm³/mol. The van der Waals surface area contributed by atoms with Crippen LogP contribution in [0.15, 0.2) is 24.4 Å². The maximum Gasteiger partial charge on any atom is 0.259 e. The highest BCUT2D eigenvalue weighted by Gasteiger charge is 2.23. The molecule has 3 heterocycles. The monoisotopic (exact) mass is 324 g/mol. The largest absolute Gasteiger partial charge is 0.322 e. The molecule has 0 radical (unpaired) electrons. The normalized spacial score (nSPS) is 18.0. The van der Waals surface area contributed by atoms with Gasteiger partial charge >= 0.3 is 0 Å². The van der Waals surface area contributed by atoms with E-state index in [9.17, 15) is 4.79 Å². The number of carbonyl (C=O) groups excluding carboxylic acids is 1. The fourth-order valence-electron chi connectivity index (χ4n) is 3.26. The zero-order chi connectivity index (χ0) is 16.5. The van der Waals surface area contributed by atoms with E-state index in [0.717, 1.165) is 47.4 Å². The molecule has 1 aliphatic rings. The molecule has 1 unspecified atom stereocenters. The Labute approximate surface area is 139 Å². The number of nitrogens with one attached hydrogen (secondary N) is 4. The van der Waals surface area contributed by atoms with Crippen molar-refractivity contribution in [2.24, 2.45) is 0 Å². The number of carbonyl (C=O) groups is 1. The summed E-state index contributed by atoms with van der Waals surface area (Å²) in [6.07, 6.45) is 4.95. The van der Waals surface area contributed by atoms with Gasteiger partial charge < -0.3 is 10.6 Å². The summed E-state index contributed by atoms with van der Waals surface area (Å²) in [5.74, 6) is -0.155. The van der Waals surface area contributed by atoms with Crippen molar-refractivity contribution in [3.8, 4) is 0 Å². The first-order valence-corrected chi connectivity index (χ1v) is 8.25. The highest BCUT2D eigenvalue weighted by atomic mass is 16.1. The molecule has 0 aliphatic carbocycles. The van der Waals surface area contributed by atoms with E-state index >= 15 is 0 Å². The fourth-order valence-corrected chi connectivity index (χ4v) is 3.26. The topological polar surface area (TPSA) is 98.5 Å². The van der Waals surface area contributed by atoms with E-state index in [1.54, 1.807) is 6.20 Å². The Hall–Kier alpha value is -2.67. The number of H-pyrrole nitrogens is 2. The molecule has 7 heteroatoms. The summed E-state index contributed by atoms with van der Waals surface area (Å²) >= 11 is 0. The lowest BCUT2D eigenvalue weighted by Crippen LogP contribution is -2.29. The van der Waals surface area contributed by atoms with Gasteiger partial charge in [-0.1, -0.05) is 6.42 Å². The standard InChI is InChI=1S/C17H20N6O/c1-10-12-6-5-11(8-15(12)22-21-10)20-17(24)13-9-19-23-16(13)14-4-2-3-7-18-14/h5-6,8-9,14,18H,2-4,7H2,1H3,(H,19,23)(H,20,24)(H,21,22). The molecule has 1 aliphatic heterocycles. The molecule has 4 rings (SSSR count). The van der Waals surface area contributed by atoms with Crippen molar-refractivity contribution in [2.75, 3.05) is 11.9 Å². The second-order valence-electron chi connectivity index (χ2n) is 6.23. The molecule has 7 nitrogen and oxygen atoms in total. The third kappa shape index (κ3) is 2.67. The van der Waals surface area contributed by atoms with Crippen LogP contribution in [0, 0.1) is 6.92 Å². The Morgan fingerprint density at radius 2 is 2.21 bits per heavy atom. The summed E-state index contributed by atoms with van der Waals surface area (Å²) in [6, 6.07) is 5.89. The van der Waals surface area contributed by atoms with Gasteiger partial charge in [0.2, 0.25) is 0 Å². The van der Waals surface area contributed by atoms with Crippen LogP contribution in [0.4, 0.5) is 5.69 Å². The van der Waals surface area contributed by atoms with Crippen LogP contribution >= 0.6 is 0 Å². The molecule has 1 amide bonds. The first-order chi connectivity index (χ1) is 11.7. The summed E-state index contributed by atoms with van der Waals surface area (Å²) in [6.45, 7) is 2.95. The van der Waals surface area contributed by atoms with Crippen molar-refractivity contribution in [2.45, 2.75) is 32.2 Å². The predicted octanol–water partition coefficient (Wildman–Crippen LogP) is 2.66. The summed E-state index contributed by atoms with van der Waals surface area (Å²) in [5.41, 5.74) is 4.04. The number of amides is 1. The summed E-state index contributed by atoms with van der Waals surface area (Å²) in [4.78, 5) is 12.7. The third-order valence-corrected chi connectivity index (χ3v) is 4.58. The molecule has 0 bridgehead atoms. The lowest BCUT2D eigenvalue weighted by molar-refractivity contribution is 0.102. The summed E-state index contributed by atoms with van der Waals surface area (Å²) in [5, 5.41) is 21.7. The smallest absolute Gasteiger partial charge is 0.259 e. The number of hydrogen-bond acceptors (Lipinski definition) is 4. The van der Waals surface area contributed by atoms with E-state index in [-0.39, 0.29) is 11.9 Å². The molecular weight excluding hydrogens is 304 g/mol. The molecule has 1 aromatic carbocycles. The van der Waals surface area contributed by atoms with E-state index in [1.807, 2.05) is 25.1 Å². The van der Waals surface area contributed by atoms with Crippen LogP contribution in [0.1, 0.15) is 47.1 Å². The highest BCUT2D eigenvalue weighted by molar-refractivity contribution is 6.05. The zero-order valence-electron chi connectivity index (χ0n) is 13.5. The van der Waals surface area contributed by atoms with Gasteiger partial charge in [0.25, 0.3) is 5.91 Å². The van der Waals surface area contributed by atoms with Crippen LogP contribution in [-0.4, -0.2) is 32.8 Å². The van der Waals surface area contributed by atoms with E-state index in [0.29, 0.717) is 5.56 Å². The van der Waals surface area contributed by atoms with Gasteiger partial charge in [0.1, 0.15) is 0 Å². The fraction of sp³-hybridized carbons (Fsp3) is 0.353. The lowest BCUT2D eigenvalue weighted by Gasteiger charge is -2.23. The second-order valence-corrected chi connectivity index (χ2v) is 6.23. The molecule has 1 atom stereocenters. The first kappa shape index (κ1) is 14.9. The number of nitrogens with zero attached hydrogens (tertiary/aromatic N) is 2. The molecule has 3 aromatic rings. The number of anilines is 1. The van der Waals surface area contributed by atoms with E-state index in [4.69, 9.17) is 0 Å². The van der Waals surface area contributed by atoms with Gasteiger partial charge in [0.15, 0.2) is 0 Å². The second kappa shape index (κ2) is 6.09. The van der Waals surface area contributed by atoms with Crippen LogP contribution in [0.25, 0.3) is 10.9 Å². The van der Waals surface area contributed by atoms with Crippen molar-refractivity contribution in [1.82, 2.24) is 25.7 Å². The molecule has 0 saturated carbocycles. The number of aromatic amines is 2. The van der Waals surface area contributed by atoms with Crippen molar-refractivity contribution >= 4 is 22.5 Å². The van der Waals surface area contributed by atoms with E-state index in [2.05, 4.69) is 31.0 Å². The van der Waals surface area contributed by atoms with Crippen LogP contribution in [0.2, 0.25) is 0 Å². The number of aryl methyl sites for hydroxylation is 1. The molecular formula is C17H20N6O. The van der Waals surface area contributed by atoms with Crippen LogP contribution < -0.4 is 10.6 Å². The number of aromatic nitrogens is 4. The Bertz CT molecular complexity index is 874. The van der Waals surface area contributed by atoms with Crippen molar-refractivity contribution in [3.63, 3.8) is 0 Å². The minimum atomic E-state index is -0.155. The van der Waals surface area contributed by atoms with Crippen LogP contribution in [0.5, 0.6) is 0 Å². The van der Waals surface area contributed by atoms with Gasteiger partial charge in [-0.3, -0.25) is 15.0 Å². The van der Waals surface area contributed by atoms with Gasteiger partial charge in [-0.25, -0.2) is 0 Å².